The van der Waals surface area contributed by atoms with Crippen molar-refractivity contribution in [3.05, 3.63) is 47.4 Å². The third-order valence-corrected chi connectivity index (χ3v) is 2.45. The summed E-state index contributed by atoms with van der Waals surface area (Å²) in [5.41, 5.74) is 6.27. The summed E-state index contributed by atoms with van der Waals surface area (Å²) in [6.07, 6.45) is 0.274. The molecule has 0 saturated carbocycles. The van der Waals surface area contributed by atoms with Gasteiger partial charge < -0.3 is 15.0 Å². The van der Waals surface area contributed by atoms with E-state index in [1.807, 2.05) is 0 Å². The zero-order valence-corrected chi connectivity index (χ0v) is 9.97. The molecular weight excluding hydrogens is 237 g/mol. The Morgan fingerprint density at radius 3 is 2.94 bits per heavy atom. The van der Waals surface area contributed by atoms with Gasteiger partial charge in [-0.05, 0) is 11.6 Å². The van der Waals surface area contributed by atoms with Gasteiger partial charge in [-0.2, -0.15) is 4.98 Å². The van der Waals surface area contributed by atoms with Crippen molar-refractivity contribution in [1.82, 2.24) is 10.1 Å². The van der Waals surface area contributed by atoms with Gasteiger partial charge in [-0.15, -0.1) is 0 Å². The Labute approximate surface area is 104 Å². The molecule has 1 aromatic heterocycles. The van der Waals surface area contributed by atoms with Crippen molar-refractivity contribution >= 4 is 0 Å². The van der Waals surface area contributed by atoms with Crippen LogP contribution in [0.3, 0.4) is 0 Å². The fourth-order valence-electron chi connectivity index (χ4n) is 1.55. The van der Waals surface area contributed by atoms with Crippen molar-refractivity contribution in [1.29, 1.82) is 0 Å². The van der Waals surface area contributed by atoms with Gasteiger partial charge in [0.15, 0.2) is 5.82 Å². The Hall–Kier alpha value is -1.79. The Bertz CT molecular complexity index is 516. The molecule has 18 heavy (non-hydrogen) atoms. The van der Waals surface area contributed by atoms with Crippen molar-refractivity contribution in [3.8, 4) is 0 Å². The Morgan fingerprint density at radius 2 is 2.22 bits per heavy atom. The average molecular weight is 251 g/mol. The lowest BCUT2D eigenvalue weighted by atomic mass is 10.1. The number of benzene rings is 1. The molecule has 1 atom stereocenters. The molecule has 1 unspecified atom stereocenters. The third-order valence-electron chi connectivity index (χ3n) is 2.45. The molecule has 0 saturated heterocycles. The lowest BCUT2D eigenvalue weighted by Crippen LogP contribution is -2.16. The molecule has 0 aliphatic carbocycles. The first-order chi connectivity index (χ1) is 8.70. The molecule has 2 rings (SSSR count). The summed E-state index contributed by atoms with van der Waals surface area (Å²) in [5, 5.41) is 3.77. The molecule has 0 radical (unpaired) electrons. The Morgan fingerprint density at radius 1 is 1.44 bits per heavy atom. The van der Waals surface area contributed by atoms with E-state index in [-0.39, 0.29) is 12.2 Å². The number of methoxy groups -OCH3 is 1. The maximum Gasteiger partial charge on any atom is 0.245 e. The predicted molar refractivity (Wildman–Crippen MR) is 62.3 cm³/mol. The summed E-state index contributed by atoms with van der Waals surface area (Å²) in [5.74, 6) is 0.412. The van der Waals surface area contributed by atoms with E-state index >= 15 is 0 Å². The van der Waals surface area contributed by atoms with E-state index in [1.165, 1.54) is 13.2 Å². The zero-order chi connectivity index (χ0) is 13.0. The minimum absolute atomic E-state index is 0.274. The second-order valence-corrected chi connectivity index (χ2v) is 3.88. The van der Waals surface area contributed by atoms with Crippen LogP contribution in [0.5, 0.6) is 0 Å². The van der Waals surface area contributed by atoms with E-state index in [1.54, 1.807) is 18.2 Å². The fraction of sp³-hybridized carbons (Fsp3) is 0.333. The van der Waals surface area contributed by atoms with E-state index in [0.717, 1.165) is 0 Å². The topological polar surface area (TPSA) is 74.2 Å². The van der Waals surface area contributed by atoms with E-state index in [2.05, 4.69) is 10.1 Å². The van der Waals surface area contributed by atoms with Crippen LogP contribution in [0.4, 0.5) is 4.39 Å². The van der Waals surface area contributed by atoms with E-state index in [9.17, 15) is 4.39 Å². The quantitative estimate of drug-likeness (QED) is 0.870. The van der Waals surface area contributed by atoms with Crippen molar-refractivity contribution in [2.24, 2.45) is 5.73 Å². The fourth-order valence-corrected chi connectivity index (χ4v) is 1.55. The first-order valence-electron chi connectivity index (χ1n) is 5.51. The smallest absolute Gasteiger partial charge is 0.245 e. The Kier molecular flexibility index (Phi) is 4.01. The van der Waals surface area contributed by atoms with Gasteiger partial charge in [0.2, 0.25) is 5.89 Å². The van der Waals surface area contributed by atoms with Crippen molar-refractivity contribution in [3.63, 3.8) is 0 Å². The Balaban J connectivity index is 2.09. The van der Waals surface area contributed by atoms with Crippen LogP contribution in [-0.2, 0) is 11.2 Å². The first kappa shape index (κ1) is 12.7. The van der Waals surface area contributed by atoms with Crippen LogP contribution < -0.4 is 5.73 Å². The molecule has 2 aromatic rings. The highest BCUT2D eigenvalue weighted by molar-refractivity contribution is 5.20. The number of nitrogens with two attached hydrogens (primary N) is 1. The van der Waals surface area contributed by atoms with Gasteiger partial charge in [0.25, 0.3) is 0 Å². The summed E-state index contributed by atoms with van der Waals surface area (Å²) in [6.45, 7) is 0.293. The number of rotatable bonds is 5. The SMILES string of the molecule is COCC(N)c1nc(Cc2ccccc2F)no1. The van der Waals surface area contributed by atoms with Crippen LogP contribution in [-0.4, -0.2) is 23.9 Å². The van der Waals surface area contributed by atoms with Crippen molar-refractivity contribution in [2.45, 2.75) is 12.5 Å². The number of aromatic nitrogens is 2. The lowest BCUT2D eigenvalue weighted by Gasteiger charge is -2.02. The maximum atomic E-state index is 13.4. The molecule has 5 nitrogen and oxygen atoms in total. The molecule has 1 aromatic carbocycles. The number of halogens is 1. The van der Waals surface area contributed by atoms with Gasteiger partial charge >= 0.3 is 0 Å². The number of hydrogen-bond acceptors (Lipinski definition) is 5. The summed E-state index contributed by atoms with van der Waals surface area (Å²) >= 11 is 0. The number of ether oxygens (including phenoxy) is 1. The van der Waals surface area contributed by atoms with Gasteiger partial charge in [-0.1, -0.05) is 23.4 Å². The maximum absolute atomic E-state index is 13.4. The van der Waals surface area contributed by atoms with Gasteiger partial charge in [0.05, 0.1) is 6.61 Å². The van der Waals surface area contributed by atoms with E-state index in [4.69, 9.17) is 15.0 Å². The molecule has 6 heteroatoms. The van der Waals surface area contributed by atoms with Crippen LogP contribution in [0.1, 0.15) is 23.3 Å². The molecule has 1 heterocycles. The molecule has 96 valence electrons. The van der Waals surface area contributed by atoms with E-state index < -0.39 is 6.04 Å². The predicted octanol–water partition coefficient (Wildman–Crippen LogP) is 1.45. The van der Waals surface area contributed by atoms with Crippen LogP contribution in [0.15, 0.2) is 28.8 Å². The van der Waals surface area contributed by atoms with Gasteiger partial charge in [0.1, 0.15) is 11.9 Å². The molecule has 0 amide bonds. The highest BCUT2D eigenvalue weighted by Crippen LogP contribution is 2.13. The highest BCUT2D eigenvalue weighted by atomic mass is 19.1. The molecule has 2 N–H and O–H groups in total. The molecule has 0 bridgehead atoms. The largest absolute Gasteiger partial charge is 0.383 e. The first-order valence-corrected chi connectivity index (χ1v) is 5.51. The highest BCUT2D eigenvalue weighted by Gasteiger charge is 2.15. The molecule has 0 aliphatic heterocycles. The average Bonchev–Trinajstić information content (AvgIpc) is 2.81. The second-order valence-electron chi connectivity index (χ2n) is 3.88. The van der Waals surface area contributed by atoms with Gasteiger partial charge in [-0.25, -0.2) is 4.39 Å². The van der Waals surface area contributed by atoms with Crippen molar-refractivity contribution in [2.75, 3.05) is 13.7 Å². The van der Waals surface area contributed by atoms with Gasteiger partial charge in [0, 0.05) is 13.5 Å². The second kappa shape index (κ2) is 5.70. The monoisotopic (exact) mass is 251 g/mol. The van der Waals surface area contributed by atoms with Crippen LogP contribution in [0, 0.1) is 5.82 Å². The molecule has 0 aliphatic rings. The zero-order valence-electron chi connectivity index (χ0n) is 9.97. The van der Waals surface area contributed by atoms with Crippen LogP contribution in [0.25, 0.3) is 0 Å². The molecule has 0 spiro atoms. The lowest BCUT2D eigenvalue weighted by molar-refractivity contribution is 0.166. The van der Waals surface area contributed by atoms with Crippen molar-refractivity contribution < 1.29 is 13.7 Å². The van der Waals surface area contributed by atoms with Gasteiger partial charge in [-0.3, -0.25) is 0 Å². The number of hydrogen-bond donors (Lipinski definition) is 1. The molecule has 0 fully saturated rings. The third kappa shape index (κ3) is 2.91. The van der Waals surface area contributed by atoms with Crippen LogP contribution in [0.2, 0.25) is 0 Å². The summed E-state index contributed by atoms with van der Waals surface area (Å²) in [6, 6.07) is 6.01. The molecular formula is C12H14FN3O2. The van der Waals surface area contributed by atoms with E-state index in [0.29, 0.717) is 23.9 Å². The minimum atomic E-state index is -0.461. The summed E-state index contributed by atoms with van der Waals surface area (Å²) in [7, 11) is 1.54. The van der Waals surface area contributed by atoms with Crippen LogP contribution >= 0.6 is 0 Å². The number of nitrogens with zero attached hydrogens (tertiary/aromatic N) is 2. The minimum Gasteiger partial charge on any atom is -0.383 e. The summed E-state index contributed by atoms with van der Waals surface area (Å²) in [4.78, 5) is 4.12. The summed E-state index contributed by atoms with van der Waals surface area (Å²) < 4.78 is 23.3. The standard InChI is InChI=1S/C12H14FN3O2/c1-17-7-10(14)12-15-11(16-18-12)6-8-4-2-3-5-9(8)13/h2-5,10H,6-7,14H2,1H3. The normalized spacial score (nSPS) is 12.6.